The van der Waals surface area contributed by atoms with Crippen LogP contribution in [0.25, 0.3) is 5.76 Å². The zero-order valence-electron chi connectivity index (χ0n) is 21.5. The topological polar surface area (TPSA) is 79.3 Å². The summed E-state index contributed by atoms with van der Waals surface area (Å²) < 4.78 is 12.2. The number of halogens is 1. The van der Waals surface area contributed by atoms with Crippen LogP contribution < -0.4 is 4.74 Å². The van der Waals surface area contributed by atoms with Crippen LogP contribution >= 0.6 is 15.9 Å². The monoisotopic (exact) mass is 570 g/mol. The average molecular weight is 572 g/mol. The standard InChI is InChI=1S/C29H35BrN2O5/c1-3-4-16-37-24-11-8-22(19-20(24)2)27(33)25-26(21-6-9-23(30)10-7-21)32(29(35)28(25)34)13-5-12-31-14-17-36-18-15-31/h6-11,19,26,33H,3-5,12-18H2,1-2H3/t26-/m0/s1. The fraction of sp³-hybridized carbons (Fsp3) is 0.448. The number of benzene rings is 2. The number of ether oxygens (including phenoxy) is 2. The van der Waals surface area contributed by atoms with Gasteiger partial charge in [-0.15, -0.1) is 0 Å². The lowest BCUT2D eigenvalue weighted by Gasteiger charge is -2.29. The van der Waals surface area contributed by atoms with Crippen molar-refractivity contribution in [2.75, 3.05) is 46.0 Å². The number of carbonyl (C=O) groups excluding carboxylic acids is 2. The molecule has 2 aliphatic heterocycles. The Morgan fingerprint density at radius 3 is 2.49 bits per heavy atom. The Hall–Kier alpha value is -2.68. The van der Waals surface area contributed by atoms with Gasteiger partial charge in [0.2, 0.25) is 0 Å². The lowest BCUT2D eigenvalue weighted by Crippen LogP contribution is -2.38. The van der Waals surface area contributed by atoms with Gasteiger partial charge >= 0.3 is 0 Å². The van der Waals surface area contributed by atoms with E-state index < -0.39 is 17.7 Å². The van der Waals surface area contributed by atoms with E-state index in [4.69, 9.17) is 9.47 Å². The predicted octanol–water partition coefficient (Wildman–Crippen LogP) is 5.08. The summed E-state index contributed by atoms with van der Waals surface area (Å²) >= 11 is 3.46. The third-order valence-corrected chi connectivity index (χ3v) is 7.44. The molecule has 2 aromatic carbocycles. The second-order valence-corrected chi connectivity index (χ2v) is 10.4. The van der Waals surface area contributed by atoms with Crippen LogP contribution in [0.3, 0.4) is 0 Å². The highest BCUT2D eigenvalue weighted by molar-refractivity contribution is 9.10. The van der Waals surface area contributed by atoms with Gasteiger partial charge < -0.3 is 19.5 Å². The summed E-state index contributed by atoms with van der Waals surface area (Å²) in [7, 11) is 0. The zero-order chi connectivity index (χ0) is 26.4. The maximum absolute atomic E-state index is 13.3. The van der Waals surface area contributed by atoms with Crippen molar-refractivity contribution in [1.82, 2.24) is 9.80 Å². The Kier molecular flexibility index (Phi) is 9.40. The molecule has 1 amide bonds. The summed E-state index contributed by atoms with van der Waals surface area (Å²) in [6.07, 6.45) is 2.73. The molecular formula is C29H35BrN2O5. The molecule has 4 rings (SSSR count). The number of amides is 1. The van der Waals surface area contributed by atoms with E-state index in [-0.39, 0.29) is 11.3 Å². The van der Waals surface area contributed by atoms with Gasteiger partial charge in [0, 0.05) is 36.2 Å². The van der Waals surface area contributed by atoms with Crippen molar-refractivity contribution in [3.05, 3.63) is 69.2 Å². The number of aliphatic hydroxyl groups excluding tert-OH is 1. The van der Waals surface area contributed by atoms with E-state index in [9.17, 15) is 14.7 Å². The lowest BCUT2D eigenvalue weighted by atomic mass is 9.94. The van der Waals surface area contributed by atoms with Gasteiger partial charge in [-0.05, 0) is 61.2 Å². The molecule has 8 heteroatoms. The molecule has 2 saturated heterocycles. The van der Waals surface area contributed by atoms with Gasteiger partial charge in [0.15, 0.2) is 0 Å². The molecule has 1 N–H and O–H groups in total. The van der Waals surface area contributed by atoms with Gasteiger partial charge in [0.05, 0.1) is 31.4 Å². The number of carbonyl (C=O) groups is 2. The molecule has 0 unspecified atom stereocenters. The highest BCUT2D eigenvalue weighted by atomic mass is 79.9. The molecule has 2 heterocycles. The van der Waals surface area contributed by atoms with Crippen molar-refractivity contribution in [3.63, 3.8) is 0 Å². The van der Waals surface area contributed by atoms with E-state index in [1.54, 1.807) is 17.0 Å². The molecule has 2 fully saturated rings. The highest BCUT2D eigenvalue weighted by Crippen LogP contribution is 2.40. The largest absolute Gasteiger partial charge is 0.507 e. The molecule has 0 spiro atoms. The summed E-state index contributed by atoms with van der Waals surface area (Å²) in [5.41, 5.74) is 2.26. The second kappa shape index (κ2) is 12.7. The number of morpholine rings is 1. The quantitative estimate of drug-likeness (QED) is 0.186. The number of unbranched alkanes of at least 4 members (excludes halogenated alkanes) is 1. The minimum absolute atomic E-state index is 0.123. The number of Topliss-reactive ketones (excluding diaryl/α,β-unsaturated/α-hetero) is 1. The van der Waals surface area contributed by atoms with Crippen molar-refractivity contribution in [2.45, 2.75) is 39.2 Å². The van der Waals surface area contributed by atoms with Crippen LogP contribution in [0.4, 0.5) is 0 Å². The average Bonchev–Trinajstić information content (AvgIpc) is 3.15. The van der Waals surface area contributed by atoms with Crippen LogP contribution in [0.1, 0.15) is 48.9 Å². The first-order valence-electron chi connectivity index (χ1n) is 13.0. The van der Waals surface area contributed by atoms with Crippen LogP contribution in [0.5, 0.6) is 5.75 Å². The van der Waals surface area contributed by atoms with Crippen LogP contribution in [-0.4, -0.2) is 72.6 Å². The molecule has 0 saturated carbocycles. The Labute approximate surface area is 227 Å². The number of aryl methyl sites for hydroxylation is 1. The van der Waals surface area contributed by atoms with Crippen molar-refractivity contribution >= 4 is 33.4 Å². The summed E-state index contributed by atoms with van der Waals surface area (Å²) in [5.74, 6) is -0.645. The Balaban J connectivity index is 1.64. The van der Waals surface area contributed by atoms with E-state index in [0.29, 0.717) is 31.9 Å². The van der Waals surface area contributed by atoms with Crippen molar-refractivity contribution in [2.24, 2.45) is 0 Å². The number of ketones is 1. The summed E-state index contributed by atoms with van der Waals surface area (Å²) in [4.78, 5) is 30.4. The third-order valence-electron chi connectivity index (χ3n) is 6.91. The minimum atomic E-state index is -0.655. The molecule has 1 atom stereocenters. The molecule has 2 aliphatic rings. The third kappa shape index (κ3) is 6.43. The van der Waals surface area contributed by atoms with Crippen LogP contribution in [0, 0.1) is 6.92 Å². The number of rotatable bonds is 10. The summed E-state index contributed by atoms with van der Waals surface area (Å²) in [6.45, 7) is 9.05. The minimum Gasteiger partial charge on any atom is -0.507 e. The molecule has 0 bridgehead atoms. The van der Waals surface area contributed by atoms with Crippen molar-refractivity contribution < 1.29 is 24.2 Å². The maximum atomic E-state index is 13.3. The first kappa shape index (κ1) is 27.4. The van der Waals surface area contributed by atoms with Gasteiger partial charge in [-0.2, -0.15) is 0 Å². The van der Waals surface area contributed by atoms with E-state index in [1.807, 2.05) is 37.3 Å². The first-order chi connectivity index (χ1) is 17.9. The molecule has 2 aromatic rings. The number of nitrogens with zero attached hydrogens (tertiary/aromatic N) is 2. The van der Waals surface area contributed by atoms with Gasteiger partial charge in [-0.3, -0.25) is 14.5 Å². The van der Waals surface area contributed by atoms with Gasteiger partial charge in [0.25, 0.3) is 11.7 Å². The summed E-state index contributed by atoms with van der Waals surface area (Å²) in [5, 5.41) is 11.4. The maximum Gasteiger partial charge on any atom is 0.295 e. The van der Waals surface area contributed by atoms with E-state index >= 15 is 0 Å². The van der Waals surface area contributed by atoms with Gasteiger partial charge in [0.1, 0.15) is 11.5 Å². The smallest absolute Gasteiger partial charge is 0.295 e. The van der Waals surface area contributed by atoms with Crippen LogP contribution in [0.2, 0.25) is 0 Å². The van der Waals surface area contributed by atoms with Gasteiger partial charge in [-0.1, -0.05) is 41.4 Å². The second-order valence-electron chi connectivity index (χ2n) is 9.53. The summed E-state index contributed by atoms with van der Waals surface area (Å²) in [6, 6.07) is 12.3. The molecular weight excluding hydrogens is 536 g/mol. The Bertz CT molecular complexity index is 1140. The van der Waals surface area contributed by atoms with E-state index in [2.05, 4.69) is 27.8 Å². The molecule has 0 aliphatic carbocycles. The zero-order valence-corrected chi connectivity index (χ0v) is 23.1. The number of hydrogen-bond acceptors (Lipinski definition) is 6. The normalized spacial score (nSPS) is 20.0. The van der Waals surface area contributed by atoms with Crippen molar-refractivity contribution in [1.29, 1.82) is 0 Å². The molecule has 37 heavy (non-hydrogen) atoms. The van der Waals surface area contributed by atoms with Crippen LogP contribution in [0.15, 0.2) is 52.5 Å². The Morgan fingerprint density at radius 2 is 1.81 bits per heavy atom. The fourth-order valence-corrected chi connectivity index (χ4v) is 5.10. The Morgan fingerprint density at radius 1 is 1.08 bits per heavy atom. The van der Waals surface area contributed by atoms with Crippen LogP contribution in [-0.2, 0) is 14.3 Å². The number of likely N-dealkylation sites (tertiary alicyclic amines) is 1. The van der Waals surface area contributed by atoms with Gasteiger partial charge in [-0.25, -0.2) is 0 Å². The number of hydrogen-bond donors (Lipinski definition) is 1. The van der Waals surface area contributed by atoms with Crippen molar-refractivity contribution in [3.8, 4) is 5.75 Å². The highest BCUT2D eigenvalue weighted by Gasteiger charge is 2.45. The molecule has 198 valence electrons. The molecule has 0 aromatic heterocycles. The molecule has 7 nitrogen and oxygen atoms in total. The SMILES string of the molecule is CCCCOc1ccc(C(O)=C2C(=O)C(=O)N(CCCN3CCOCC3)[C@H]2c2ccc(Br)cc2)cc1C. The predicted molar refractivity (Wildman–Crippen MR) is 147 cm³/mol. The lowest BCUT2D eigenvalue weighted by molar-refractivity contribution is -0.140. The van der Waals surface area contributed by atoms with E-state index in [1.165, 1.54) is 0 Å². The fourth-order valence-electron chi connectivity index (χ4n) is 4.83. The van der Waals surface area contributed by atoms with E-state index in [0.717, 1.165) is 60.2 Å². The first-order valence-corrected chi connectivity index (χ1v) is 13.8. The molecule has 0 radical (unpaired) electrons. The number of aliphatic hydroxyl groups is 1.